The van der Waals surface area contributed by atoms with Gasteiger partial charge in [0.15, 0.2) is 11.6 Å². The predicted octanol–water partition coefficient (Wildman–Crippen LogP) is 5.09. The minimum Gasteiger partial charge on any atom is -0.382 e. The van der Waals surface area contributed by atoms with Gasteiger partial charge in [0, 0.05) is 36.8 Å². The standard InChI is InChI=1S/C24H23ClN6O/c1-31-10-8-18(30-31)22-21(16-12-15-7-4-9-27-20(15)17(25)13-16)28-23(24(26)29-22)19(32)11-14-5-2-3-6-14/h4,7-10,12-14H,2-3,5-6,11H2,1H3,(H2,26,29). The van der Waals surface area contributed by atoms with Crippen LogP contribution < -0.4 is 5.73 Å². The van der Waals surface area contributed by atoms with Gasteiger partial charge in [-0.2, -0.15) is 5.10 Å². The van der Waals surface area contributed by atoms with Gasteiger partial charge in [0.05, 0.1) is 16.2 Å². The first-order valence-corrected chi connectivity index (χ1v) is 11.1. The first-order valence-electron chi connectivity index (χ1n) is 10.7. The van der Waals surface area contributed by atoms with Gasteiger partial charge in [-0.3, -0.25) is 14.5 Å². The van der Waals surface area contributed by atoms with Crippen molar-refractivity contribution in [2.24, 2.45) is 13.0 Å². The number of ketones is 1. The first-order chi connectivity index (χ1) is 15.5. The highest BCUT2D eigenvalue weighted by atomic mass is 35.5. The number of pyridine rings is 1. The normalized spacial score (nSPS) is 14.3. The highest BCUT2D eigenvalue weighted by Gasteiger charge is 2.25. The Kier molecular flexibility index (Phi) is 5.35. The second-order valence-corrected chi connectivity index (χ2v) is 8.75. The highest BCUT2D eigenvalue weighted by molar-refractivity contribution is 6.35. The summed E-state index contributed by atoms with van der Waals surface area (Å²) < 4.78 is 1.69. The van der Waals surface area contributed by atoms with Crippen molar-refractivity contribution >= 4 is 34.1 Å². The van der Waals surface area contributed by atoms with Crippen molar-refractivity contribution in [1.29, 1.82) is 0 Å². The Morgan fingerprint density at radius 2 is 2.00 bits per heavy atom. The molecule has 162 valence electrons. The third-order valence-corrected chi connectivity index (χ3v) is 6.31. The third-order valence-electron chi connectivity index (χ3n) is 6.02. The molecule has 1 aromatic carbocycles. The molecule has 1 saturated carbocycles. The van der Waals surface area contributed by atoms with Gasteiger partial charge in [0.1, 0.15) is 17.1 Å². The minimum atomic E-state index is -0.0655. The maximum Gasteiger partial charge on any atom is 0.185 e. The quantitative estimate of drug-likeness (QED) is 0.428. The Morgan fingerprint density at radius 3 is 2.75 bits per heavy atom. The molecule has 0 atom stereocenters. The topological polar surface area (TPSA) is 99.6 Å². The molecular formula is C24H23ClN6O. The van der Waals surface area contributed by atoms with Gasteiger partial charge >= 0.3 is 0 Å². The van der Waals surface area contributed by atoms with Crippen molar-refractivity contribution in [2.75, 3.05) is 5.73 Å². The van der Waals surface area contributed by atoms with E-state index < -0.39 is 0 Å². The molecule has 32 heavy (non-hydrogen) atoms. The average molecular weight is 447 g/mol. The van der Waals surface area contributed by atoms with Crippen LogP contribution in [-0.2, 0) is 7.05 Å². The minimum absolute atomic E-state index is 0.0655. The fourth-order valence-corrected chi connectivity index (χ4v) is 4.71. The molecule has 8 heteroatoms. The van der Waals surface area contributed by atoms with E-state index in [1.54, 1.807) is 16.9 Å². The van der Waals surface area contributed by atoms with Crippen molar-refractivity contribution < 1.29 is 4.79 Å². The van der Waals surface area contributed by atoms with Gasteiger partial charge in [-0.05, 0) is 30.2 Å². The number of nitrogen functional groups attached to an aromatic ring is 1. The molecule has 1 fully saturated rings. The van der Waals surface area contributed by atoms with Crippen LogP contribution in [0.2, 0.25) is 5.02 Å². The summed E-state index contributed by atoms with van der Waals surface area (Å²) in [7, 11) is 1.83. The predicted molar refractivity (Wildman–Crippen MR) is 125 cm³/mol. The van der Waals surface area contributed by atoms with Crippen LogP contribution in [0.3, 0.4) is 0 Å². The lowest BCUT2D eigenvalue weighted by molar-refractivity contribution is 0.0958. The summed E-state index contributed by atoms with van der Waals surface area (Å²) in [5.41, 5.74) is 9.57. The van der Waals surface area contributed by atoms with Crippen molar-refractivity contribution in [2.45, 2.75) is 32.1 Å². The summed E-state index contributed by atoms with van der Waals surface area (Å²) >= 11 is 6.54. The van der Waals surface area contributed by atoms with Gasteiger partial charge in [-0.25, -0.2) is 9.97 Å². The van der Waals surface area contributed by atoms with Crippen LogP contribution in [-0.4, -0.2) is 30.5 Å². The molecule has 0 radical (unpaired) electrons. The van der Waals surface area contributed by atoms with Gasteiger partial charge in [0.25, 0.3) is 0 Å². The molecule has 3 heterocycles. The van der Waals surface area contributed by atoms with Crippen LogP contribution >= 0.6 is 11.6 Å². The van der Waals surface area contributed by atoms with E-state index in [0.717, 1.165) is 23.8 Å². The summed E-state index contributed by atoms with van der Waals surface area (Å²) in [4.78, 5) is 26.8. The molecular weight excluding hydrogens is 424 g/mol. The maximum atomic E-state index is 13.1. The Hall–Kier alpha value is -3.32. The lowest BCUT2D eigenvalue weighted by atomic mass is 9.98. The SMILES string of the molecule is Cn1ccc(-c2nc(N)c(C(=O)CC3CCCC3)nc2-c2cc(Cl)c3ncccc3c2)n1. The van der Waals surface area contributed by atoms with E-state index >= 15 is 0 Å². The van der Waals surface area contributed by atoms with Gasteiger partial charge in [-0.1, -0.05) is 43.4 Å². The number of hydrogen-bond acceptors (Lipinski definition) is 6. The number of Topliss-reactive ketones (excluding diaryl/α,β-unsaturated/α-hetero) is 1. The third kappa shape index (κ3) is 3.84. The number of carbonyl (C=O) groups excluding carboxylic acids is 1. The van der Waals surface area contributed by atoms with E-state index in [1.807, 2.05) is 37.5 Å². The molecule has 0 bridgehead atoms. The molecule has 0 unspecified atom stereocenters. The molecule has 5 rings (SSSR count). The first kappa shape index (κ1) is 20.6. The maximum absolute atomic E-state index is 13.1. The fraction of sp³-hybridized carbons (Fsp3) is 0.292. The van der Waals surface area contributed by atoms with Gasteiger partial charge < -0.3 is 5.73 Å². The van der Waals surface area contributed by atoms with Crippen LogP contribution in [0, 0.1) is 5.92 Å². The van der Waals surface area contributed by atoms with Crippen LogP contribution in [0.1, 0.15) is 42.6 Å². The number of aromatic nitrogens is 5. The molecule has 7 nitrogen and oxygen atoms in total. The molecule has 0 amide bonds. The van der Waals surface area contributed by atoms with E-state index in [1.165, 1.54) is 12.8 Å². The molecule has 3 aromatic heterocycles. The van der Waals surface area contributed by atoms with E-state index in [9.17, 15) is 4.79 Å². The number of anilines is 1. The zero-order valence-corrected chi connectivity index (χ0v) is 18.5. The zero-order chi connectivity index (χ0) is 22.2. The summed E-state index contributed by atoms with van der Waals surface area (Å²) in [5, 5.41) is 5.86. The van der Waals surface area contributed by atoms with Gasteiger partial charge in [-0.15, -0.1) is 0 Å². The second-order valence-electron chi connectivity index (χ2n) is 8.34. The molecule has 2 N–H and O–H groups in total. The summed E-state index contributed by atoms with van der Waals surface area (Å²) in [6, 6.07) is 9.39. The van der Waals surface area contributed by atoms with Crippen molar-refractivity contribution in [3.8, 4) is 22.6 Å². The summed E-state index contributed by atoms with van der Waals surface area (Å²) in [6.07, 6.45) is 8.47. The van der Waals surface area contributed by atoms with Crippen LogP contribution in [0.25, 0.3) is 33.5 Å². The van der Waals surface area contributed by atoms with E-state index in [0.29, 0.717) is 40.0 Å². The van der Waals surface area contributed by atoms with E-state index in [2.05, 4.69) is 15.1 Å². The van der Waals surface area contributed by atoms with Crippen molar-refractivity contribution in [3.05, 3.63) is 53.4 Å². The Labute approximate surface area is 190 Å². The van der Waals surface area contributed by atoms with Crippen molar-refractivity contribution in [3.63, 3.8) is 0 Å². The largest absolute Gasteiger partial charge is 0.382 e. The number of aryl methyl sites for hydroxylation is 1. The fourth-order valence-electron chi connectivity index (χ4n) is 4.43. The monoisotopic (exact) mass is 446 g/mol. The highest BCUT2D eigenvalue weighted by Crippen LogP contribution is 2.35. The summed E-state index contributed by atoms with van der Waals surface area (Å²) in [6.45, 7) is 0. The number of fused-ring (bicyclic) bond motifs is 1. The van der Waals surface area contributed by atoms with Gasteiger partial charge in [0.2, 0.25) is 0 Å². The Morgan fingerprint density at radius 1 is 1.19 bits per heavy atom. The number of benzene rings is 1. The average Bonchev–Trinajstić information content (AvgIpc) is 3.45. The van der Waals surface area contributed by atoms with Crippen LogP contribution in [0.5, 0.6) is 0 Å². The lowest BCUT2D eigenvalue weighted by Gasteiger charge is -2.13. The number of rotatable bonds is 5. The molecule has 0 aliphatic heterocycles. The Balaban J connectivity index is 1.67. The number of halogens is 1. The molecule has 0 spiro atoms. The van der Waals surface area contributed by atoms with E-state index in [4.69, 9.17) is 22.3 Å². The Bertz CT molecular complexity index is 1330. The number of hydrogen-bond donors (Lipinski definition) is 1. The molecule has 4 aromatic rings. The summed E-state index contributed by atoms with van der Waals surface area (Å²) in [5.74, 6) is 0.457. The number of nitrogens with two attached hydrogens (primary N) is 1. The molecule has 0 saturated heterocycles. The van der Waals surface area contributed by atoms with Crippen molar-refractivity contribution in [1.82, 2.24) is 24.7 Å². The van der Waals surface area contributed by atoms with Crippen LogP contribution in [0.15, 0.2) is 42.7 Å². The number of carbonyl (C=O) groups is 1. The van der Waals surface area contributed by atoms with Crippen LogP contribution in [0.4, 0.5) is 5.82 Å². The smallest absolute Gasteiger partial charge is 0.185 e. The lowest BCUT2D eigenvalue weighted by Crippen LogP contribution is -2.14. The molecule has 1 aliphatic carbocycles. The molecule has 1 aliphatic rings. The number of nitrogens with zero attached hydrogens (tertiary/aromatic N) is 5. The zero-order valence-electron chi connectivity index (χ0n) is 17.8. The van der Waals surface area contributed by atoms with E-state index in [-0.39, 0.29) is 17.3 Å². The second kappa shape index (κ2) is 8.31.